The average molecular weight is 687 g/mol. The van der Waals surface area contributed by atoms with Crippen LogP contribution in [0.4, 0.5) is 0 Å². The Morgan fingerprint density at radius 2 is 1.15 bits per heavy atom. The minimum Gasteiger partial charge on any atom is -0.756 e. The lowest BCUT2D eigenvalue weighted by Gasteiger charge is -2.29. The number of phosphoric ester groups is 1. The largest absolute Gasteiger partial charge is 0.756 e. The maximum Gasteiger partial charge on any atom is 0.268 e. The predicted octanol–water partition coefficient (Wildman–Crippen LogP) is 9.16. The van der Waals surface area contributed by atoms with E-state index >= 15 is 0 Å². The lowest BCUT2D eigenvalue weighted by Crippen LogP contribution is -2.45. The second-order valence-electron chi connectivity index (χ2n) is 14.4. The first-order valence-corrected chi connectivity index (χ1v) is 20.6. The molecule has 0 radical (unpaired) electrons. The molecule has 9 heteroatoms. The van der Waals surface area contributed by atoms with Crippen molar-refractivity contribution in [3.63, 3.8) is 0 Å². The van der Waals surface area contributed by atoms with Gasteiger partial charge in [0.25, 0.3) is 7.82 Å². The average Bonchev–Trinajstić information content (AvgIpc) is 3.00. The van der Waals surface area contributed by atoms with Gasteiger partial charge in [0.1, 0.15) is 13.2 Å². The van der Waals surface area contributed by atoms with Crippen LogP contribution in [0.1, 0.15) is 162 Å². The minimum absolute atomic E-state index is 0.00928. The van der Waals surface area contributed by atoms with Gasteiger partial charge in [-0.2, -0.15) is 0 Å². The zero-order valence-corrected chi connectivity index (χ0v) is 32.1. The molecule has 47 heavy (non-hydrogen) atoms. The molecule has 0 aliphatic rings. The summed E-state index contributed by atoms with van der Waals surface area (Å²) in [6.45, 7) is 3.67. The standard InChI is InChI=1S/C38H75N2O6P/c1-6-7-8-9-10-11-12-13-14-15-16-17-18-19-20-21-22-23-24-25-26-27-28-29-30-31-32-38(42)37(39-36(2)41)35-46-47(43,44)45-34-33-40(3,4)5/h27-28,31-32,37-38,42H,6-26,29-30,33-35H2,1-5H3,(H-,39,41,43,44)/b28-27+,32-31+. The number of carbonyl (C=O) groups is 1. The van der Waals surface area contributed by atoms with E-state index in [4.69, 9.17) is 9.05 Å². The van der Waals surface area contributed by atoms with Crippen molar-refractivity contribution in [2.45, 2.75) is 174 Å². The van der Waals surface area contributed by atoms with E-state index in [-0.39, 0.29) is 12.5 Å². The Morgan fingerprint density at radius 1 is 0.723 bits per heavy atom. The number of aliphatic hydroxyl groups excluding tert-OH is 1. The first kappa shape index (κ1) is 46.0. The number of phosphoric acid groups is 1. The van der Waals surface area contributed by atoms with Gasteiger partial charge in [-0.25, -0.2) is 0 Å². The molecular formula is C38H75N2O6P. The molecule has 0 aromatic heterocycles. The fraction of sp³-hybridized carbons (Fsp3) is 0.868. The van der Waals surface area contributed by atoms with E-state index in [9.17, 15) is 19.4 Å². The smallest absolute Gasteiger partial charge is 0.268 e. The molecule has 0 bridgehead atoms. The molecule has 1 amide bonds. The predicted molar refractivity (Wildman–Crippen MR) is 196 cm³/mol. The summed E-state index contributed by atoms with van der Waals surface area (Å²) in [6.07, 6.45) is 37.4. The van der Waals surface area contributed by atoms with Gasteiger partial charge in [-0.1, -0.05) is 153 Å². The van der Waals surface area contributed by atoms with Gasteiger partial charge in [0.2, 0.25) is 5.91 Å². The number of hydrogen-bond acceptors (Lipinski definition) is 6. The normalized spacial score (nSPS) is 15.0. The number of carbonyl (C=O) groups excluding carboxylic acids is 1. The Kier molecular flexibility index (Phi) is 30.3. The van der Waals surface area contributed by atoms with Crippen LogP contribution < -0.4 is 10.2 Å². The third-order valence-corrected chi connectivity index (χ3v) is 9.41. The maximum absolute atomic E-state index is 12.1. The topological polar surface area (TPSA) is 108 Å². The third-order valence-electron chi connectivity index (χ3n) is 8.45. The molecular weight excluding hydrogens is 611 g/mol. The van der Waals surface area contributed by atoms with Crippen molar-refractivity contribution < 1.29 is 32.9 Å². The van der Waals surface area contributed by atoms with Crippen molar-refractivity contribution >= 4 is 13.7 Å². The number of quaternary nitrogens is 1. The van der Waals surface area contributed by atoms with Crippen LogP contribution in [0.15, 0.2) is 24.3 Å². The Balaban J connectivity index is 3.76. The summed E-state index contributed by atoms with van der Waals surface area (Å²) in [5, 5.41) is 13.0. The van der Waals surface area contributed by atoms with E-state index in [1.807, 2.05) is 27.2 Å². The van der Waals surface area contributed by atoms with Crippen LogP contribution in [-0.4, -0.2) is 68.5 Å². The number of amides is 1. The summed E-state index contributed by atoms with van der Waals surface area (Å²) in [4.78, 5) is 23.6. The van der Waals surface area contributed by atoms with Gasteiger partial charge in [-0.05, 0) is 25.7 Å². The second kappa shape index (κ2) is 31.0. The zero-order valence-electron chi connectivity index (χ0n) is 31.2. The SMILES string of the molecule is CCCCCCCCCCCCCCCCCCCCCC/C=C/CC/C=C/C(O)C(COP(=O)([O-])OCC[N+](C)(C)C)NC(C)=O. The first-order valence-electron chi connectivity index (χ1n) is 19.1. The molecule has 3 atom stereocenters. The Bertz CT molecular complexity index is 829. The number of hydrogen-bond donors (Lipinski definition) is 2. The molecule has 3 unspecified atom stereocenters. The maximum atomic E-state index is 12.1. The Hall–Kier alpha value is -1.02. The van der Waals surface area contributed by atoms with Gasteiger partial charge in [-0.15, -0.1) is 0 Å². The van der Waals surface area contributed by atoms with E-state index in [2.05, 4.69) is 24.4 Å². The van der Waals surface area contributed by atoms with Crippen LogP contribution in [0.5, 0.6) is 0 Å². The molecule has 0 fully saturated rings. The highest BCUT2D eigenvalue weighted by Gasteiger charge is 2.22. The summed E-state index contributed by atoms with van der Waals surface area (Å²) in [7, 11) is 1.23. The Morgan fingerprint density at radius 3 is 1.60 bits per heavy atom. The van der Waals surface area contributed by atoms with Crippen LogP contribution in [0.2, 0.25) is 0 Å². The number of allylic oxidation sites excluding steroid dienone is 3. The lowest BCUT2D eigenvalue weighted by atomic mass is 10.0. The van der Waals surface area contributed by atoms with Crippen molar-refractivity contribution in [1.82, 2.24) is 5.32 Å². The highest BCUT2D eigenvalue weighted by molar-refractivity contribution is 7.45. The molecule has 0 rings (SSSR count). The number of likely N-dealkylation sites (N-methyl/N-ethyl adjacent to an activating group) is 1. The number of rotatable bonds is 34. The van der Waals surface area contributed by atoms with Gasteiger partial charge in [-0.3, -0.25) is 9.36 Å². The fourth-order valence-corrected chi connectivity index (χ4v) is 6.16. The van der Waals surface area contributed by atoms with Gasteiger partial charge in [0.05, 0.1) is 39.9 Å². The van der Waals surface area contributed by atoms with Crippen LogP contribution in [-0.2, 0) is 18.4 Å². The summed E-state index contributed by atoms with van der Waals surface area (Å²) in [5.41, 5.74) is 0. The van der Waals surface area contributed by atoms with E-state index < -0.39 is 26.6 Å². The summed E-state index contributed by atoms with van der Waals surface area (Å²) < 4.78 is 22.5. The molecule has 0 aromatic rings. The van der Waals surface area contributed by atoms with Crippen LogP contribution in [0, 0.1) is 0 Å². The van der Waals surface area contributed by atoms with Gasteiger partial charge in [0.15, 0.2) is 0 Å². The van der Waals surface area contributed by atoms with E-state index in [0.29, 0.717) is 11.0 Å². The summed E-state index contributed by atoms with van der Waals surface area (Å²) >= 11 is 0. The Labute approximate surface area is 290 Å². The quantitative estimate of drug-likeness (QED) is 0.0303. The molecule has 0 saturated carbocycles. The number of unbranched alkanes of at least 4 members (excludes halogenated alkanes) is 21. The molecule has 0 aliphatic carbocycles. The van der Waals surface area contributed by atoms with Crippen molar-refractivity contribution in [1.29, 1.82) is 0 Å². The summed E-state index contributed by atoms with van der Waals surface area (Å²) in [6, 6.07) is -0.900. The minimum atomic E-state index is -4.54. The van der Waals surface area contributed by atoms with E-state index in [1.54, 1.807) is 6.08 Å². The van der Waals surface area contributed by atoms with Crippen LogP contribution in [0.3, 0.4) is 0 Å². The first-order chi connectivity index (χ1) is 22.5. The molecule has 278 valence electrons. The third kappa shape index (κ3) is 34.6. The van der Waals surface area contributed by atoms with Crippen LogP contribution >= 0.6 is 7.82 Å². The molecule has 0 heterocycles. The van der Waals surface area contributed by atoms with Crippen molar-refractivity contribution in [3.8, 4) is 0 Å². The molecule has 0 aromatic carbocycles. The van der Waals surface area contributed by atoms with Gasteiger partial charge in [0, 0.05) is 6.92 Å². The molecule has 8 nitrogen and oxygen atoms in total. The lowest BCUT2D eigenvalue weighted by molar-refractivity contribution is -0.870. The number of aliphatic hydroxyl groups is 1. The molecule has 2 N–H and O–H groups in total. The van der Waals surface area contributed by atoms with E-state index in [1.165, 1.54) is 135 Å². The van der Waals surface area contributed by atoms with Crippen LogP contribution in [0.25, 0.3) is 0 Å². The van der Waals surface area contributed by atoms with Gasteiger partial charge >= 0.3 is 0 Å². The number of nitrogens with zero attached hydrogens (tertiary/aromatic N) is 1. The summed E-state index contributed by atoms with van der Waals surface area (Å²) in [5.74, 6) is -0.384. The van der Waals surface area contributed by atoms with Crippen molar-refractivity contribution in [3.05, 3.63) is 24.3 Å². The monoisotopic (exact) mass is 687 g/mol. The highest BCUT2D eigenvalue weighted by atomic mass is 31.2. The number of nitrogens with one attached hydrogen (secondary N) is 1. The second-order valence-corrected chi connectivity index (χ2v) is 15.8. The van der Waals surface area contributed by atoms with Gasteiger partial charge < -0.3 is 28.8 Å². The van der Waals surface area contributed by atoms with Crippen molar-refractivity contribution in [2.24, 2.45) is 0 Å². The highest BCUT2D eigenvalue weighted by Crippen LogP contribution is 2.38. The fourth-order valence-electron chi connectivity index (χ4n) is 5.44. The molecule has 0 spiro atoms. The van der Waals surface area contributed by atoms with Crippen molar-refractivity contribution in [2.75, 3.05) is 40.9 Å². The zero-order chi connectivity index (χ0) is 35.1. The van der Waals surface area contributed by atoms with E-state index in [0.717, 1.165) is 19.3 Å². The molecule has 0 aliphatic heterocycles. The molecule has 0 saturated heterocycles.